The van der Waals surface area contributed by atoms with Crippen molar-refractivity contribution in [3.63, 3.8) is 0 Å². The monoisotopic (exact) mass is 222 g/mol. The zero-order chi connectivity index (χ0) is 12.3. The fraction of sp³-hybridized carbons (Fsp3) is 0.364. The van der Waals surface area contributed by atoms with Gasteiger partial charge in [0.15, 0.2) is 0 Å². The van der Waals surface area contributed by atoms with Gasteiger partial charge >= 0.3 is 5.97 Å². The van der Waals surface area contributed by atoms with E-state index in [0.29, 0.717) is 5.82 Å². The summed E-state index contributed by atoms with van der Waals surface area (Å²) in [6, 6.07) is 2.95. The number of aromatic carboxylic acids is 1. The second-order valence-electron chi connectivity index (χ2n) is 3.69. The van der Waals surface area contributed by atoms with Crippen LogP contribution in [0.25, 0.3) is 0 Å². The Labute approximate surface area is 93.7 Å². The summed E-state index contributed by atoms with van der Waals surface area (Å²) < 4.78 is 0. The van der Waals surface area contributed by atoms with Gasteiger partial charge in [0.1, 0.15) is 5.82 Å². The molecule has 5 heteroatoms. The highest BCUT2D eigenvalue weighted by Gasteiger charge is 2.16. The lowest BCUT2D eigenvalue weighted by Crippen LogP contribution is -2.35. The smallest absolute Gasteiger partial charge is 0.337 e. The zero-order valence-electron chi connectivity index (χ0n) is 9.47. The van der Waals surface area contributed by atoms with Crippen molar-refractivity contribution in [1.29, 1.82) is 0 Å². The second kappa shape index (κ2) is 4.74. The van der Waals surface area contributed by atoms with Crippen LogP contribution in [0.1, 0.15) is 31.1 Å². The molecule has 1 rings (SSSR count). The highest BCUT2D eigenvalue weighted by atomic mass is 16.4. The van der Waals surface area contributed by atoms with Gasteiger partial charge in [-0.1, -0.05) is 0 Å². The van der Waals surface area contributed by atoms with Crippen LogP contribution >= 0.6 is 0 Å². The summed E-state index contributed by atoms with van der Waals surface area (Å²) in [6.07, 6.45) is 1.25. The molecule has 0 aromatic carbocycles. The van der Waals surface area contributed by atoms with Crippen LogP contribution in [0, 0.1) is 0 Å². The van der Waals surface area contributed by atoms with Gasteiger partial charge in [-0.05, 0) is 26.0 Å². The van der Waals surface area contributed by atoms with E-state index in [1.165, 1.54) is 30.2 Å². The van der Waals surface area contributed by atoms with Crippen molar-refractivity contribution in [3.05, 3.63) is 23.9 Å². The van der Waals surface area contributed by atoms with Gasteiger partial charge in [0.25, 0.3) is 0 Å². The lowest BCUT2D eigenvalue weighted by atomic mass is 10.2. The quantitative estimate of drug-likeness (QED) is 0.842. The molecule has 0 bridgehead atoms. The summed E-state index contributed by atoms with van der Waals surface area (Å²) >= 11 is 0. The van der Waals surface area contributed by atoms with Gasteiger partial charge in [-0.3, -0.25) is 9.69 Å². The third-order valence-electron chi connectivity index (χ3n) is 2.10. The molecule has 0 saturated heterocycles. The average Bonchev–Trinajstić information content (AvgIpc) is 2.17. The summed E-state index contributed by atoms with van der Waals surface area (Å²) in [5.41, 5.74) is 0.107. The van der Waals surface area contributed by atoms with E-state index in [0.717, 1.165) is 0 Å². The Kier molecular flexibility index (Phi) is 3.60. The topological polar surface area (TPSA) is 70.5 Å². The van der Waals surface area contributed by atoms with E-state index in [9.17, 15) is 9.59 Å². The molecule has 1 heterocycles. The standard InChI is InChI=1S/C11H14N2O3/c1-7(2)13(8(3)14)10-5-4-9(6-12-10)11(15)16/h4-7H,1-3H3,(H,15,16). The van der Waals surface area contributed by atoms with Gasteiger partial charge in [0.2, 0.25) is 5.91 Å². The summed E-state index contributed by atoms with van der Waals surface area (Å²) in [4.78, 5) is 27.5. The van der Waals surface area contributed by atoms with E-state index in [4.69, 9.17) is 5.11 Å². The van der Waals surface area contributed by atoms with Crippen molar-refractivity contribution in [2.24, 2.45) is 0 Å². The second-order valence-corrected chi connectivity index (χ2v) is 3.69. The van der Waals surface area contributed by atoms with E-state index in [-0.39, 0.29) is 17.5 Å². The first-order valence-corrected chi connectivity index (χ1v) is 4.92. The maximum atomic E-state index is 11.4. The van der Waals surface area contributed by atoms with E-state index in [1.54, 1.807) is 0 Å². The number of carboxylic acid groups (broad SMARTS) is 1. The first-order chi connectivity index (χ1) is 7.43. The minimum atomic E-state index is -1.03. The Hall–Kier alpha value is -1.91. The largest absolute Gasteiger partial charge is 0.478 e. The molecule has 5 nitrogen and oxygen atoms in total. The lowest BCUT2D eigenvalue weighted by Gasteiger charge is -2.24. The number of carbonyl (C=O) groups is 2. The molecule has 0 unspecified atom stereocenters. The van der Waals surface area contributed by atoms with E-state index in [2.05, 4.69) is 4.98 Å². The third-order valence-corrected chi connectivity index (χ3v) is 2.10. The van der Waals surface area contributed by atoms with Crippen LogP contribution in [-0.4, -0.2) is 28.0 Å². The van der Waals surface area contributed by atoms with Crippen LogP contribution in [-0.2, 0) is 4.79 Å². The Morgan fingerprint density at radius 1 is 1.38 bits per heavy atom. The van der Waals surface area contributed by atoms with Gasteiger partial charge < -0.3 is 5.11 Å². The normalized spacial score (nSPS) is 10.2. The molecule has 0 aliphatic heterocycles. The number of carbonyl (C=O) groups excluding carboxylic acids is 1. The van der Waals surface area contributed by atoms with Crippen LogP contribution in [0.4, 0.5) is 5.82 Å². The first kappa shape index (κ1) is 12.2. The van der Waals surface area contributed by atoms with Crippen molar-refractivity contribution in [3.8, 4) is 0 Å². The Balaban J connectivity index is 3.03. The van der Waals surface area contributed by atoms with E-state index in [1.807, 2.05) is 13.8 Å². The van der Waals surface area contributed by atoms with Gasteiger partial charge in [0, 0.05) is 19.2 Å². The Morgan fingerprint density at radius 2 is 2.00 bits per heavy atom. The summed E-state index contributed by atoms with van der Waals surface area (Å²) in [5, 5.41) is 8.71. The van der Waals surface area contributed by atoms with Crippen molar-refractivity contribution < 1.29 is 14.7 Å². The summed E-state index contributed by atoms with van der Waals surface area (Å²) in [7, 11) is 0. The van der Waals surface area contributed by atoms with E-state index < -0.39 is 5.97 Å². The molecule has 16 heavy (non-hydrogen) atoms. The van der Waals surface area contributed by atoms with Crippen LogP contribution < -0.4 is 4.90 Å². The number of amides is 1. The Bertz CT molecular complexity index is 398. The van der Waals surface area contributed by atoms with Gasteiger partial charge in [0.05, 0.1) is 5.56 Å². The molecule has 1 amide bonds. The number of hydrogen-bond donors (Lipinski definition) is 1. The molecular formula is C11H14N2O3. The number of anilines is 1. The molecule has 0 atom stereocenters. The predicted octanol–water partition coefficient (Wildman–Crippen LogP) is 1.54. The molecule has 0 aliphatic rings. The number of rotatable bonds is 3. The van der Waals surface area contributed by atoms with Gasteiger partial charge in [-0.25, -0.2) is 9.78 Å². The number of aromatic nitrogens is 1. The number of pyridine rings is 1. The van der Waals surface area contributed by atoms with Crippen molar-refractivity contribution in [2.75, 3.05) is 4.90 Å². The molecule has 0 saturated carbocycles. The van der Waals surface area contributed by atoms with Crippen LogP contribution in [0.15, 0.2) is 18.3 Å². The summed E-state index contributed by atoms with van der Waals surface area (Å²) in [5.74, 6) is -0.684. The molecular weight excluding hydrogens is 208 g/mol. The van der Waals surface area contributed by atoms with E-state index >= 15 is 0 Å². The maximum Gasteiger partial charge on any atom is 0.337 e. The molecule has 0 spiro atoms. The SMILES string of the molecule is CC(=O)N(c1ccc(C(=O)O)cn1)C(C)C. The molecule has 0 fully saturated rings. The lowest BCUT2D eigenvalue weighted by molar-refractivity contribution is -0.116. The molecule has 1 aromatic rings. The minimum Gasteiger partial charge on any atom is -0.478 e. The number of nitrogens with zero attached hydrogens (tertiary/aromatic N) is 2. The predicted molar refractivity (Wildman–Crippen MR) is 59.5 cm³/mol. The number of hydrogen-bond acceptors (Lipinski definition) is 3. The molecule has 0 radical (unpaired) electrons. The van der Waals surface area contributed by atoms with Gasteiger partial charge in [-0.2, -0.15) is 0 Å². The van der Waals surface area contributed by atoms with Crippen LogP contribution in [0.2, 0.25) is 0 Å². The maximum absolute atomic E-state index is 11.4. The Morgan fingerprint density at radius 3 is 2.31 bits per heavy atom. The highest BCUT2D eigenvalue weighted by Crippen LogP contribution is 2.14. The van der Waals surface area contributed by atoms with Crippen molar-refractivity contribution in [2.45, 2.75) is 26.8 Å². The average molecular weight is 222 g/mol. The summed E-state index contributed by atoms with van der Waals surface area (Å²) in [6.45, 7) is 5.19. The molecule has 1 N–H and O–H groups in total. The highest BCUT2D eigenvalue weighted by molar-refractivity contribution is 5.92. The molecule has 86 valence electrons. The minimum absolute atomic E-state index is 0.0133. The third kappa shape index (κ3) is 2.56. The van der Waals surface area contributed by atoms with Gasteiger partial charge in [-0.15, -0.1) is 0 Å². The van der Waals surface area contributed by atoms with Crippen LogP contribution in [0.3, 0.4) is 0 Å². The fourth-order valence-electron chi connectivity index (χ4n) is 1.44. The fourth-order valence-corrected chi connectivity index (χ4v) is 1.44. The van der Waals surface area contributed by atoms with Crippen molar-refractivity contribution >= 4 is 17.7 Å². The van der Waals surface area contributed by atoms with Crippen LogP contribution in [0.5, 0.6) is 0 Å². The first-order valence-electron chi connectivity index (χ1n) is 4.92. The zero-order valence-corrected chi connectivity index (χ0v) is 9.47. The molecule has 1 aromatic heterocycles. The molecule has 0 aliphatic carbocycles. The number of carboxylic acids is 1. The van der Waals surface area contributed by atoms with Crippen molar-refractivity contribution in [1.82, 2.24) is 4.98 Å².